The second-order valence-electron chi connectivity index (χ2n) is 6.43. The smallest absolute Gasteiger partial charge is 0.243 e. The molecule has 2 aliphatic rings. The van der Waals surface area contributed by atoms with Crippen molar-refractivity contribution in [2.24, 2.45) is 0 Å². The Morgan fingerprint density at radius 3 is 2.48 bits per heavy atom. The lowest BCUT2D eigenvalue weighted by Gasteiger charge is -2.24. The number of amides is 1. The van der Waals surface area contributed by atoms with Gasteiger partial charge in [-0.1, -0.05) is 6.07 Å². The zero-order chi connectivity index (χ0) is 17.4. The first kappa shape index (κ1) is 16.8. The monoisotopic (exact) mass is 376 g/mol. The fourth-order valence-electron chi connectivity index (χ4n) is 3.65. The van der Waals surface area contributed by atoms with E-state index in [4.69, 9.17) is 0 Å². The van der Waals surface area contributed by atoms with Gasteiger partial charge in [-0.2, -0.15) is 4.31 Å². The lowest BCUT2D eigenvalue weighted by atomic mass is 10.2. The molecule has 3 heterocycles. The van der Waals surface area contributed by atoms with Crippen LogP contribution in [0.3, 0.4) is 0 Å². The molecule has 0 aliphatic carbocycles. The van der Waals surface area contributed by atoms with Gasteiger partial charge in [0.25, 0.3) is 0 Å². The van der Waals surface area contributed by atoms with Gasteiger partial charge in [0.2, 0.25) is 15.9 Å². The van der Waals surface area contributed by atoms with E-state index < -0.39 is 10.0 Å². The van der Waals surface area contributed by atoms with Gasteiger partial charge in [0.1, 0.15) is 0 Å². The van der Waals surface area contributed by atoms with Crippen LogP contribution in [0.25, 0.3) is 0 Å². The minimum atomic E-state index is -3.53. The van der Waals surface area contributed by atoms with Gasteiger partial charge in [0.05, 0.1) is 10.9 Å². The van der Waals surface area contributed by atoms with Crippen molar-refractivity contribution < 1.29 is 13.2 Å². The highest BCUT2D eigenvalue weighted by molar-refractivity contribution is 7.89. The van der Waals surface area contributed by atoms with Gasteiger partial charge in [-0.05, 0) is 55.0 Å². The number of carbonyl (C=O) groups excluding carboxylic acids is 1. The van der Waals surface area contributed by atoms with E-state index >= 15 is 0 Å². The molecule has 1 aromatic carbocycles. The number of thiophene rings is 1. The summed E-state index contributed by atoms with van der Waals surface area (Å²) in [6.07, 6.45) is 3.16. The number of hydrogen-bond donors (Lipinski definition) is 0. The van der Waals surface area contributed by atoms with E-state index in [9.17, 15) is 13.2 Å². The van der Waals surface area contributed by atoms with Crippen molar-refractivity contribution in [1.29, 1.82) is 0 Å². The molecule has 0 N–H and O–H groups in total. The van der Waals surface area contributed by atoms with Crippen LogP contribution in [0.1, 0.15) is 36.6 Å². The Bertz CT molecular complexity index is 860. The molecule has 7 heteroatoms. The fraction of sp³-hybridized carbons (Fsp3) is 0.389. The highest BCUT2D eigenvalue weighted by Crippen LogP contribution is 2.38. The second-order valence-corrected chi connectivity index (χ2v) is 9.30. The molecular weight excluding hydrogens is 356 g/mol. The fourth-order valence-corrected chi connectivity index (χ4v) is 6.26. The van der Waals surface area contributed by atoms with Gasteiger partial charge in [-0.25, -0.2) is 8.42 Å². The average molecular weight is 377 g/mol. The third kappa shape index (κ3) is 3.01. The zero-order valence-corrected chi connectivity index (χ0v) is 15.4. The maximum atomic E-state index is 13.1. The highest BCUT2D eigenvalue weighted by atomic mass is 32.2. The predicted molar refractivity (Wildman–Crippen MR) is 98.2 cm³/mol. The molecule has 1 amide bonds. The van der Waals surface area contributed by atoms with Crippen molar-refractivity contribution in [2.45, 2.75) is 36.6 Å². The summed E-state index contributed by atoms with van der Waals surface area (Å²) in [4.78, 5) is 15.0. The minimum Gasteiger partial charge on any atom is -0.312 e. The van der Waals surface area contributed by atoms with Crippen LogP contribution < -0.4 is 4.90 Å². The standard InChI is InChI=1S/C18H20N2O3S2/c21-18-6-2-11-19(18)14-7-9-15(10-8-14)25(22,23)20-12-1-4-16(20)17-5-3-13-24-17/h3,5,7-10,13,16H,1-2,4,6,11-12H2/t16-/m1/s1. The molecule has 1 atom stereocenters. The Kier molecular flexibility index (Phi) is 4.39. The third-order valence-corrected chi connectivity index (χ3v) is 7.80. The summed E-state index contributed by atoms with van der Waals surface area (Å²) < 4.78 is 27.8. The Morgan fingerprint density at radius 1 is 1.04 bits per heavy atom. The largest absolute Gasteiger partial charge is 0.312 e. The molecule has 0 saturated carbocycles. The van der Waals surface area contributed by atoms with E-state index in [1.54, 1.807) is 44.8 Å². The SMILES string of the molecule is O=C1CCCN1c1ccc(S(=O)(=O)N2CCC[C@@H]2c2cccs2)cc1. The molecule has 5 nitrogen and oxygen atoms in total. The van der Waals surface area contributed by atoms with Crippen LogP contribution in [0.4, 0.5) is 5.69 Å². The van der Waals surface area contributed by atoms with E-state index in [-0.39, 0.29) is 11.9 Å². The number of anilines is 1. The van der Waals surface area contributed by atoms with Gasteiger partial charge < -0.3 is 4.90 Å². The number of hydrogen-bond acceptors (Lipinski definition) is 4. The van der Waals surface area contributed by atoms with Gasteiger partial charge in [-0.3, -0.25) is 4.79 Å². The molecule has 0 unspecified atom stereocenters. The molecule has 2 fully saturated rings. The van der Waals surface area contributed by atoms with Gasteiger partial charge in [0, 0.05) is 30.1 Å². The van der Waals surface area contributed by atoms with Crippen molar-refractivity contribution in [3.8, 4) is 0 Å². The zero-order valence-electron chi connectivity index (χ0n) is 13.8. The van der Waals surface area contributed by atoms with Crippen molar-refractivity contribution in [2.75, 3.05) is 18.0 Å². The maximum Gasteiger partial charge on any atom is 0.243 e. The maximum absolute atomic E-state index is 13.1. The summed E-state index contributed by atoms with van der Waals surface area (Å²) in [7, 11) is -3.53. The lowest BCUT2D eigenvalue weighted by Crippen LogP contribution is -2.30. The molecule has 2 aromatic rings. The first-order valence-electron chi connectivity index (χ1n) is 8.53. The van der Waals surface area contributed by atoms with E-state index in [2.05, 4.69) is 0 Å². The Balaban J connectivity index is 1.60. The summed E-state index contributed by atoms with van der Waals surface area (Å²) in [6.45, 7) is 1.26. The summed E-state index contributed by atoms with van der Waals surface area (Å²) in [6, 6.07) is 10.6. The van der Waals surface area contributed by atoms with E-state index in [0.717, 1.165) is 29.8 Å². The Labute approximate surface area is 151 Å². The average Bonchev–Trinajstić information content (AvgIpc) is 3.35. The van der Waals surface area contributed by atoms with Crippen LogP contribution in [0.15, 0.2) is 46.7 Å². The molecule has 4 rings (SSSR count). The molecule has 25 heavy (non-hydrogen) atoms. The van der Waals surface area contributed by atoms with Gasteiger partial charge >= 0.3 is 0 Å². The molecule has 0 radical (unpaired) electrons. The Hall–Kier alpha value is -1.70. The molecule has 2 aliphatic heterocycles. The number of nitrogens with zero attached hydrogens (tertiary/aromatic N) is 2. The minimum absolute atomic E-state index is 0.0650. The first-order chi connectivity index (χ1) is 12.1. The van der Waals surface area contributed by atoms with E-state index in [1.165, 1.54) is 0 Å². The summed E-state index contributed by atoms with van der Waals surface area (Å²) in [5.74, 6) is 0.105. The van der Waals surface area contributed by atoms with Crippen LogP contribution >= 0.6 is 11.3 Å². The number of rotatable bonds is 4. The van der Waals surface area contributed by atoms with Gasteiger partial charge in [-0.15, -0.1) is 11.3 Å². The lowest BCUT2D eigenvalue weighted by molar-refractivity contribution is -0.117. The molecule has 0 bridgehead atoms. The van der Waals surface area contributed by atoms with Crippen LogP contribution in [0.2, 0.25) is 0 Å². The van der Waals surface area contributed by atoms with Crippen molar-refractivity contribution in [3.05, 3.63) is 46.7 Å². The summed E-state index contributed by atoms with van der Waals surface area (Å²) in [5.41, 5.74) is 0.776. The van der Waals surface area contributed by atoms with Crippen molar-refractivity contribution in [3.63, 3.8) is 0 Å². The second kappa shape index (κ2) is 6.55. The predicted octanol–water partition coefficient (Wildman–Crippen LogP) is 3.40. The molecule has 1 aromatic heterocycles. The third-order valence-electron chi connectivity index (χ3n) is 4.90. The van der Waals surface area contributed by atoms with Crippen LogP contribution in [0, 0.1) is 0 Å². The number of carbonyl (C=O) groups is 1. The van der Waals surface area contributed by atoms with Crippen LogP contribution in [0.5, 0.6) is 0 Å². The summed E-state index contributed by atoms with van der Waals surface area (Å²) >= 11 is 1.60. The summed E-state index contributed by atoms with van der Waals surface area (Å²) in [5, 5.41) is 1.99. The number of benzene rings is 1. The first-order valence-corrected chi connectivity index (χ1v) is 10.8. The Morgan fingerprint density at radius 2 is 1.84 bits per heavy atom. The highest BCUT2D eigenvalue weighted by Gasteiger charge is 2.36. The molecular formula is C18H20N2O3S2. The van der Waals surface area contributed by atoms with Crippen LogP contribution in [-0.2, 0) is 14.8 Å². The molecule has 2 saturated heterocycles. The van der Waals surface area contributed by atoms with Gasteiger partial charge in [0.15, 0.2) is 0 Å². The van der Waals surface area contributed by atoms with E-state index in [1.807, 2.05) is 17.5 Å². The molecule has 132 valence electrons. The normalized spacial score (nSPS) is 22.0. The topological polar surface area (TPSA) is 57.7 Å². The number of sulfonamides is 1. The quantitative estimate of drug-likeness (QED) is 0.822. The van der Waals surface area contributed by atoms with Crippen molar-refractivity contribution >= 4 is 33.0 Å². The van der Waals surface area contributed by atoms with E-state index in [0.29, 0.717) is 24.4 Å². The van der Waals surface area contributed by atoms with Crippen molar-refractivity contribution in [1.82, 2.24) is 4.31 Å². The molecule has 0 spiro atoms. The van der Waals surface area contributed by atoms with Crippen LogP contribution in [-0.4, -0.2) is 31.7 Å².